The molecule has 2 unspecified atom stereocenters. The van der Waals surface area contributed by atoms with Crippen LogP contribution in [0.2, 0.25) is 0 Å². The number of hydrogen-bond donors (Lipinski definition) is 1. The molecule has 20 heavy (non-hydrogen) atoms. The zero-order chi connectivity index (χ0) is 15.9. The molecule has 0 bridgehead atoms. The second kappa shape index (κ2) is 14.9. The van der Waals surface area contributed by atoms with Crippen LogP contribution in [0.25, 0.3) is 0 Å². The summed E-state index contributed by atoms with van der Waals surface area (Å²) >= 11 is 0. The van der Waals surface area contributed by atoms with Gasteiger partial charge in [-0.15, -0.1) is 0 Å². The van der Waals surface area contributed by atoms with Crippen molar-refractivity contribution in [3.05, 3.63) is 0 Å². The third-order valence-electron chi connectivity index (χ3n) is 3.96. The molecule has 0 heterocycles. The van der Waals surface area contributed by atoms with Gasteiger partial charge >= 0.3 is 5.97 Å². The van der Waals surface area contributed by atoms with E-state index in [0.29, 0.717) is 0 Å². The minimum Gasteiger partial charge on any atom is -0.481 e. The van der Waals surface area contributed by atoms with Crippen LogP contribution in [0.1, 0.15) is 105 Å². The number of unbranched alkanes of at least 4 members (excludes halogenated alkanes) is 6. The molecule has 0 saturated heterocycles. The van der Waals surface area contributed by atoms with Gasteiger partial charge in [-0.25, -0.2) is 0 Å². The van der Waals surface area contributed by atoms with Gasteiger partial charge < -0.3 is 5.11 Å². The molecule has 120 valence electrons. The van der Waals surface area contributed by atoms with Crippen LogP contribution in [0.15, 0.2) is 0 Å². The fourth-order valence-electron chi connectivity index (χ4n) is 2.59. The van der Waals surface area contributed by atoms with Gasteiger partial charge in [0.2, 0.25) is 0 Å². The normalized spacial score (nSPS) is 14.8. The van der Waals surface area contributed by atoms with Crippen LogP contribution in [-0.2, 0) is 4.79 Å². The molecule has 2 nitrogen and oxygen atoms in total. The molecular formula is C18H36O2. The highest BCUT2D eigenvalue weighted by atomic mass is 16.4. The Balaban J connectivity index is 3.65. The van der Waals surface area contributed by atoms with Crippen LogP contribution < -0.4 is 0 Å². The smallest absolute Gasteiger partial charge is 0.306 e. The Hall–Kier alpha value is -0.530. The molecule has 2 heteroatoms. The van der Waals surface area contributed by atoms with Gasteiger partial charge in [-0.05, 0) is 12.8 Å². The molecule has 0 aliphatic carbocycles. The molecule has 0 rings (SSSR count). The number of hydrogen-bond acceptors (Lipinski definition) is 1. The Labute approximate surface area is 127 Å². The van der Waals surface area contributed by atoms with Crippen LogP contribution >= 0.6 is 0 Å². The second-order valence-electron chi connectivity index (χ2n) is 5.95. The molecule has 0 amide bonds. The lowest BCUT2D eigenvalue weighted by molar-refractivity contribution is -0.142. The lowest BCUT2D eigenvalue weighted by Crippen LogP contribution is -2.13. The number of carboxylic acid groups (broad SMARTS) is 1. The molecular weight excluding hydrogens is 248 g/mol. The van der Waals surface area contributed by atoms with Gasteiger partial charge in [-0.2, -0.15) is 0 Å². The first-order chi connectivity index (χ1) is 10.1. The zero-order valence-electron chi connectivity index (χ0n) is 14.7. The molecule has 0 radical (unpaired) electrons. The van der Waals surface area contributed by atoms with Crippen molar-refractivity contribution in [3.63, 3.8) is 0 Å². The predicted molar refractivity (Wildman–Crippen MR) is 87.1 cm³/mol. The van der Waals surface area contributed by atoms with Gasteiger partial charge in [0, 0.05) is 1.37 Å². The van der Waals surface area contributed by atoms with E-state index in [2.05, 4.69) is 13.8 Å². The van der Waals surface area contributed by atoms with Crippen molar-refractivity contribution in [2.24, 2.45) is 5.92 Å². The second-order valence-corrected chi connectivity index (χ2v) is 5.95. The highest BCUT2D eigenvalue weighted by Crippen LogP contribution is 2.19. The molecule has 0 aliphatic heterocycles. The van der Waals surface area contributed by atoms with Crippen molar-refractivity contribution in [2.75, 3.05) is 0 Å². The number of carbonyl (C=O) groups is 1. The first-order valence-electron chi connectivity index (χ1n) is 9.34. The highest BCUT2D eigenvalue weighted by Gasteiger charge is 2.16. The maximum atomic E-state index is 11.3. The Morgan fingerprint density at radius 1 is 0.850 bits per heavy atom. The molecule has 0 aromatic rings. The molecule has 0 spiro atoms. The highest BCUT2D eigenvalue weighted by molar-refractivity contribution is 5.69. The molecule has 2 atom stereocenters. The summed E-state index contributed by atoms with van der Waals surface area (Å²) in [6, 6.07) is 0. The molecule has 0 aromatic carbocycles. The quantitative estimate of drug-likeness (QED) is 0.364. The third-order valence-corrected chi connectivity index (χ3v) is 3.96. The minimum atomic E-state index is -0.625. The Bertz CT molecular complexity index is 243. The van der Waals surface area contributed by atoms with Gasteiger partial charge in [0.25, 0.3) is 0 Å². The van der Waals surface area contributed by atoms with Gasteiger partial charge in [-0.1, -0.05) is 90.9 Å². The van der Waals surface area contributed by atoms with Crippen LogP contribution in [0.5, 0.6) is 0 Å². The molecule has 0 saturated carbocycles. The summed E-state index contributed by atoms with van der Waals surface area (Å²) in [4.78, 5) is 11.3. The monoisotopic (exact) mass is 285 g/mol. The van der Waals surface area contributed by atoms with Crippen molar-refractivity contribution in [3.8, 4) is 0 Å². The van der Waals surface area contributed by atoms with E-state index in [0.717, 1.165) is 51.4 Å². The molecule has 1 N–H and O–H groups in total. The van der Waals surface area contributed by atoms with E-state index in [9.17, 15) is 9.90 Å². The molecule has 0 aliphatic rings. The fourth-order valence-corrected chi connectivity index (χ4v) is 2.59. The Kier molecular flexibility index (Phi) is 13.0. The van der Waals surface area contributed by atoms with Crippen molar-refractivity contribution in [2.45, 2.75) is 104 Å². The maximum Gasteiger partial charge on any atom is 0.306 e. The maximum absolute atomic E-state index is 11.3. The van der Waals surface area contributed by atoms with E-state index in [1.54, 1.807) is 0 Å². The zero-order valence-corrected chi connectivity index (χ0v) is 13.7. The number of rotatable bonds is 15. The summed E-state index contributed by atoms with van der Waals surface area (Å²) in [6.07, 6.45) is 13.9. The van der Waals surface area contributed by atoms with Crippen LogP contribution in [0, 0.1) is 5.92 Å². The number of aliphatic carboxylic acids is 1. The van der Waals surface area contributed by atoms with Gasteiger partial charge in [0.05, 0.1) is 5.92 Å². The van der Waals surface area contributed by atoms with Crippen molar-refractivity contribution >= 4 is 5.97 Å². The molecule has 0 aromatic heterocycles. The van der Waals surface area contributed by atoms with Crippen molar-refractivity contribution < 1.29 is 11.3 Å². The number of carboxylic acids is 1. The van der Waals surface area contributed by atoms with E-state index < -0.39 is 5.97 Å². The Morgan fingerprint density at radius 2 is 1.35 bits per heavy atom. The summed E-state index contributed by atoms with van der Waals surface area (Å²) in [5.74, 6) is -0.786. The first-order valence-corrected chi connectivity index (χ1v) is 8.76. The standard InChI is InChI=1S/C18H36O2/c1-3-5-7-9-11-13-15-17(18(19)20)16-14-12-10-8-6-4-2/h17H,3-16H2,1-2H3,(H,19,20)/i7D. The third kappa shape index (κ3) is 12.5. The fraction of sp³-hybridized carbons (Fsp3) is 0.944. The van der Waals surface area contributed by atoms with Gasteiger partial charge in [0.15, 0.2) is 0 Å². The van der Waals surface area contributed by atoms with Crippen LogP contribution in [-0.4, -0.2) is 11.1 Å². The largest absolute Gasteiger partial charge is 0.481 e. The topological polar surface area (TPSA) is 37.3 Å². The van der Waals surface area contributed by atoms with E-state index in [4.69, 9.17) is 1.37 Å². The van der Waals surface area contributed by atoms with E-state index in [-0.39, 0.29) is 12.3 Å². The molecule has 0 fully saturated rings. The van der Waals surface area contributed by atoms with E-state index in [1.807, 2.05) is 0 Å². The van der Waals surface area contributed by atoms with E-state index >= 15 is 0 Å². The minimum absolute atomic E-state index is 0.0526. The predicted octanol–water partition coefficient (Wildman–Crippen LogP) is 6.19. The van der Waals surface area contributed by atoms with E-state index in [1.165, 1.54) is 32.1 Å². The summed E-state index contributed by atoms with van der Waals surface area (Å²) in [5, 5.41) is 9.27. The van der Waals surface area contributed by atoms with Gasteiger partial charge in [-0.3, -0.25) is 4.79 Å². The van der Waals surface area contributed by atoms with Gasteiger partial charge in [0.1, 0.15) is 0 Å². The SMILES string of the molecule is [2H]C(CCC)CCCCC(CCCCCCCC)C(=O)O. The van der Waals surface area contributed by atoms with Crippen LogP contribution in [0.4, 0.5) is 0 Å². The summed E-state index contributed by atoms with van der Waals surface area (Å²) < 4.78 is 7.82. The van der Waals surface area contributed by atoms with Crippen molar-refractivity contribution in [1.82, 2.24) is 0 Å². The van der Waals surface area contributed by atoms with Crippen molar-refractivity contribution in [1.29, 1.82) is 0 Å². The summed E-state index contributed by atoms with van der Waals surface area (Å²) in [6.45, 7) is 4.32. The summed E-state index contributed by atoms with van der Waals surface area (Å²) in [5.41, 5.74) is 0. The average Bonchev–Trinajstić information content (AvgIpc) is 2.44. The Morgan fingerprint density at radius 3 is 1.90 bits per heavy atom. The first kappa shape index (κ1) is 17.5. The van der Waals surface area contributed by atoms with Crippen LogP contribution in [0.3, 0.4) is 0 Å². The average molecular weight is 285 g/mol. The lowest BCUT2D eigenvalue weighted by atomic mass is 9.94. The lowest BCUT2D eigenvalue weighted by Gasteiger charge is -2.12. The summed E-state index contributed by atoms with van der Waals surface area (Å²) in [7, 11) is 0.